The highest BCUT2D eigenvalue weighted by molar-refractivity contribution is 5.93. The molecular formula is C25H35O5-. The molecule has 4 fully saturated rings. The molecule has 0 heterocycles. The smallest absolute Gasteiger partial charge is 0.139 e. The first kappa shape index (κ1) is 21.7. The van der Waals surface area contributed by atoms with E-state index in [1.165, 1.54) is 0 Å². The monoisotopic (exact) mass is 415 g/mol. The van der Waals surface area contributed by atoms with Crippen molar-refractivity contribution < 1.29 is 24.3 Å². The summed E-state index contributed by atoms with van der Waals surface area (Å²) in [5.74, 6) is -0.0767. The fourth-order valence-electron chi connectivity index (χ4n) is 8.35. The van der Waals surface area contributed by atoms with Gasteiger partial charge in [-0.1, -0.05) is 27.7 Å². The zero-order chi connectivity index (χ0) is 22.1. The SMILES string of the molecule is C[C@H](CCC(=O)[O-])[C@H]1CC[C@H]2[C@@H]3C(=O)C[C@]4(C)CC(=O)CC[C@]4(C)[C@H]3CC(=O)[C@]12C. The molecule has 166 valence electrons. The highest BCUT2D eigenvalue weighted by Crippen LogP contribution is 2.69. The van der Waals surface area contributed by atoms with E-state index < -0.39 is 11.4 Å². The summed E-state index contributed by atoms with van der Waals surface area (Å²) in [5, 5.41) is 11.0. The Labute approximate surface area is 179 Å². The number of aliphatic carboxylic acids is 1. The number of carboxylic acid groups (broad SMARTS) is 1. The normalized spacial score (nSPS) is 46.7. The molecule has 5 heteroatoms. The molecule has 5 nitrogen and oxygen atoms in total. The van der Waals surface area contributed by atoms with Gasteiger partial charge in [-0.25, -0.2) is 0 Å². The Morgan fingerprint density at radius 3 is 2.47 bits per heavy atom. The number of rotatable bonds is 4. The summed E-state index contributed by atoms with van der Waals surface area (Å²) in [7, 11) is 0. The van der Waals surface area contributed by atoms with Crippen molar-refractivity contribution in [1.82, 2.24) is 0 Å². The summed E-state index contributed by atoms with van der Waals surface area (Å²) < 4.78 is 0. The lowest BCUT2D eigenvalue weighted by Gasteiger charge is -2.63. The van der Waals surface area contributed by atoms with Crippen LogP contribution in [0.4, 0.5) is 0 Å². The lowest BCUT2D eigenvalue weighted by atomic mass is 9.40. The van der Waals surface area contributed by atoms with E-state index in [1.807, 2.05) is 0 Å². The minimum atomic E-state index is -1.04. The lowest BCUT2D eigenvalue weighted by molar-refractivity contribution is -0.306. The van der Waals surface area contributed by atoms with Crippen LogP contribution in [-0.2, 0) is 19.2 Å². The van der Waals surface area contributed by atoms with Crippen molar-refractivity contribution in [3.8, 4) is 0 Å². The van der Waals surface area contributed by atoms with Crippen molar-refractivity contribution in [1.29, 1.82) is 0 Å². The van der Waals surface area contributed by atoms with Gasteiger partial charge in [-0.3, -0.25) is 14.4 Å². The number of hydrogen-bond donors (Lipinski definition) is 0. The van der Waals surface area contributed by atoms with Crippen LogP contribution in [0.5, 0.6) is 0 Å². The third-order valence-corrected chi connectivity index (χ3v) is 10.3. The molecule has 0 unspecified atom stereocenters. The van der Waals surface area contributed by atoms with Crippen molar-refractivity contribution in [3.63, 3.8) is 0 Å². The topological polar surface area (TPSA) is 91.3 Å². The van der Waals surface area contributed by atoms with Crippen LogP contribution in [0.1, 0.15) is 85.5 Å². The zero-order valence-corrected chi connectivity index (χ0v) is 18.8. The average Bonchev–Trinajstić information content (AvgIpc) is 3.00. The molecule has 30 heavy (non-hydrogen) atoms. The maximum Gasteiger partial charge on any atom is 0.139 e. The number of fused-ring (bicyclic) bond motifs is 5. The highest BCUT2D eigenvalue weighted by Gasteiger charge is 2.68. The van der Waals surface area contributed by atoms with Crippen molar-refractivity contribution in [2.24, 2.45) is 45.8 Å². The number of hydrogen-bond acceptors (Lipinski definition) is 5. The molecule has 4 rings (SSSR count). The van der Waals surface area contributed by atoms with Crippen molar-refractivity contribution in [2.75, 3.05) is 0 Å². The maximum absolute atomic E-state index is 13.7. The van der Waals surface area contributed by atoms with E-state index in [9.17, 15) is 24.3 Å². The summed E-state index contributed by atoms with van der Waals surface area (Å²) in [6, 6.07) is 0. The molecule has 0 aromatic heterocycles. The van der Waals surface area contributed by atoms with Crippen LogP contribution >= 0.6 is 0 Å². The third kappa shape index (κ3) is 2.86. The van der Waals surface area contributed by atoms with Gasteiger partial charge in [0, 0.05) is 43.0 Å². The number of carbonyl (C=O) groups excluding carboxylic acids is 4. The van der Waals surface area contributed by atoms with E-state index in [0.29, 0.717) is 32.1 Å². The van der Waals surface area contributed by atoms with Crippen molar-refractivity contribution in [3.05, 3.63) is 0 Å². The standard InChI is InChI=1S/C25H36O5/c1-14(5-8-21(29)30)16-6-7-17-22-18(11-20(28)25(16,17)4)24(3)10-9-15(26)12-23(24,2)13-19(22)27/h14,16-18,22H,5-13H2,1-4H3,(H,29,30)/p-1/t14-,16-,17+,18+,22+,23+,24-,25-/m1/s1. The minimum Gasteiger partial charge on any atom is -0.550 e. The maximum atomic E-state index is 13.7. The van der Waals surface area contributed by atoms with E-state index in [2.05, 4.69) is 27.7 Å². The summed E-state index contributed by atoms with van der Waals surface area (Å²) in [4.78, 5) is 50.4. The molecular weight excluding hydrogens is 380 g/mol. The number of Topliss-reactive ketones (excluding diaryl/α,β-unsaturated/α-hetero) is 3. The largest absolute Gasteiger partial charge is 0.550 e. The first-order valence-corrected chi connectivity index (χ1v) is 11.7. The second kappa shape index (κ2) is 7.00. The van der Waals surface area contributed by atoms with E-state index in [0.717, 1.165) is 19.3 Å². The van der Waals surface area contributed by atoms with Gasteiger partial charge in [0.2, 0.25) is 0 Å². The predicted octanol–water partition coefficient (Wildman–Crippen LogP) is 3.13. The number of ketones is 3. The minimum absolute atomic E-state index is 0.0159. The molecule has 4 aliphatic rings. The van der Waals surface area contributed by atoms with Crippen LogP contribution in [0, 0.1) is 45.8 Å². The van der Waals surface area contributed by atoms with Crippen LogP contribution in [0.3, 0.4) is 0 Å². The molecule has 4 aliphatic carbocycles. The van der Waals surface area contributed by atoms with Crippen molar-refractivity contribution >= 4 is 23.3 Å². The Balaban J connectivity index is 1.67. The van der Waals surface area contributed by atoms with Crippen LogP contribution < -0.4 is 5.11 Å². The van der Waals surface area contributed by atoms with Crippen LogP contribution in [-0.4, -0.2) is 23.3 Å². The zero-order valence-electron chi connectivity index (χ0n) is 18.8. The molecule has 0 saturated heterocycles. The number of carboxylic acids is 1. The second-order valence-electron chi connectivity index (χ2n) is 11.6. The van der Waals surface area contributed by atoms with Gasteiger partial charge in [-0.05, 0) is 66.6 Å². The van der Waals surface area contributed by atoms with Gasteiger partial charge in [0.15, 0.2) is 0 Å². The van der Waals surface area contributed by atoms with Crippen molar-refractivity contribution in [2.45, 2.75) is 85.5 Å². The third-order valence-electron chi connectivity index (χ3n) is 10.3. The molecule has 0 bridgehead atoms. The Kier molecular flexibility index (Phi) is 5.06. The Bertz CT molecular complexity index is 801. The molecule has 8 atom stereocenters. The quantitative estimate of drug-likeness (QED) is 0.703. The van der Waals surface area contributed by atoms with Crippen LogP contribution in [0.25, 0.3) is 0 Å². The van der Waals surface area contributed by atoms with E-state index in [1.54, 1.807) is 0 Å². The van der Waals surface area contributed by atoms with Gasteiger partial charge in [0.1, 0.15) is 17.3 Å². The lowest BCUT2D eigenvalue weighted by Crippen LogP contribution is -2.63. The van der Waals surface area contributed by atoms with Gasteiger partial charge in [0.05, 0.1) is 0 Å². The molecule has 0 aromatic carbocycles. The fourth-order valence-corrected chi connectivity index (χ4v) is 8.35. The predicted molar refractivity (Wildman–Crippen MR) is 109 cm³/mol. The van der Waals surface area contributed by atoms with Crippen LogP contribution in [0.2, 0.25) is 0 Å². The number of carbonyl (C=O) groups is 4. The summed E-state index contributed by atoms with van der Waals surface area (Å²) >= 11 is 0. The Morgan fingerprint density at radius 1 is 1.10 bits per heavy atom. The molecule has 0 aliphatic heterocycles. The van der Waals surface area contributed by atoms with Crippen LogP contribution in [0.15, 0.2) is 0 Å². The highest BCUT2D eigenvalue weighted by atomic mass is 16.4. The summed E-state index contributed by atoms with van der Waals surface area (Å²) in [6.45, 7) is 8.43. The average molecular weight is 416 g/mol. The first-order chi connectivity index (χ1) is 13.9. The second-order valence-corrected chi connectivity index (χ2v) is 11.6. The Hall–Kier alpha value is -1.52. The van der Waals surface area contributed by atoms with E-state index in [4.69, 9.17) is 0 Å². The van der Waals surface area contributed by atoms with Gasteiger partial charge in [-0.15, -0.1) is 0 Å². The van der Waals surface area contributed by atoms with Gasteiger partial charge >= 0.3 is 0 Å². The molecule has 0 aromatic rings. The van der Waals surface area contributed by atoms with Gasteiger partial charge < -0.3 is 9.90 Å². The molecule has 4 saturated carbocycles. The molecule has 0 radical (unpaired) electrons. The van der Waals surface area contributed by atoms with E-state index >= 15 is 0 Å². The first-order valence-electron chi connectivity index (χ1n) is 11.7. The summed E-state index contributed by atoms with van der Waals surface area (Å²) in [6.07, 6.45) is 4.93. The summed E-state index contributed by atoms with van der Waals surface area (Å²) in [5.41, 5.74) is -1.04. The molecule has 0 spiro atoms. The molecule has 0 N–H and O–H groups in total. The molecule has 0 amide bonds. The fraction of sp³-hybridized carbons (Fsp3) is 0.840. The van der Waals surface area contributed by atoms with Gasteiger partial charge in [0.25, 0.3) is 0 Å². The van der Waals surface area contributed by atoms with Gasteiger partial charge in [-0.2, -0.15) is 0 Å². The Morgan fingerprint density at radius 2 is 1.80 bits per heavy atom. The van der Waals surface area contributed by atoms with E-state index in [-0.39, 0.29) is 64.2 Å².